The van der Waals surface area contributed by atoms with E-state index in [9.17, 15) is 13.2 Å². The van der Waals surface area contributed by atoms with Crippen molar-refractivity contribution in [1.82, 2.24) is 9.62 Å². The van der Waals surface area contributed by atoms with Gasteiger partial charge < -0.3 is 5.32 Å². The van der Waals surface area contributed by atoms with Gasteiger partial charge in [0, 0.05) is 29.7 Å². The summed E-state index contributed by atoms with van der Waals surface area (Å²) in [4.78, 5) is 12.5. The molecule has 5 nitrogen and oxygen atoms in total. The van der Waals surface area contributed by atoms with Gasteiger partial charge in [-0.1, -0.05) is 47.8 Å². The predicted molar refractivity (Wildman–Crippen MR) is 116 cm³/mol. The highest BCUT2D eigenvalue weighted by molar-refractivity contribution is 7.89. The van der Waals surface area contributed by atoms with Crippen LogP contribution >= 0.6 is 23.2 Å². The molecule has 0 aliphatic carbocycles. The Morgan fingerprint density at radius 1 is 1.00 bits per heavy atom. The quantitative estimate of drug-likeness (QED) is 0.685. The Hall–Kier alpha value is -1.60. The zero-order chi connectivity index (χ0) is 20.9. The van der Waals surface area contributed by atoms with Gasteiger partial charge in [0.05, 0.1) is 11.3 Å². The van der Waals surface area contributed by atoms with Crippen LogP contribution in [0.3, 0.4) is 0 Å². The van der Waals surface area contributed by atoms with Crippen molar-refractivity contribution in [3.63, 3.8) is 0 Å². The minimum atomic E-state index is -3.45. The number of piperidine rings is 1. The van der Waals surface area contributed by atoms with Gasteiger partial charge in [0.15, 0.2) is 0 Å². The average Bonchev–Trinajstić information content (AvgIpc) is 2.71. The molecule has 1 N–H and O–H groups in total. The lowest BCUT2D eigenvalue weighted by Gasteiger charge is -2.25. The highest BCUT2D eigenvalue weighted by Gasteiger charge is 2.25. The van der Waals surface area contributed by atoms with E-state index < -0.39 is 10.0 Å². The number of halogens is 2. The van der Waals surface area contributed by atoms with Gasteiger partial charge in [0.1, 0.15) is 0 Å². The molecule has 8 heteroatoms. The molecule has 1 fully saturated rings. The molecule has 1 saturated heterocycles. The van der Waals surface area contributed by atoms with Gasteiger partial charge in [-0.25, -0.2) is 8.42 Å². The zero-order valence-electron chi connectivity index (χ0n) is 16.0. The van der Waals surface area contributed by atoms with Gasteiger partial charge in [-0.15, -0.1) is 0 Å². The average molecular weight is 455 g/mol. The molecule has 1 amide bonds. The molecule has 0 saturated carbocycles. The summed E-state index contributed by atoms with van der Waals surface area (Å²) in [6.45, 7) is 1.61. The molecule has 0 radical (unpaired) electrons. The maximum atomic E-state index is 12.7. The number of hydrogen-bond donors (Lipinski definition) is 1. The third kappa shape index (κ3) is 5.95. The lowest BCUT2D eigenvalue weighted by atomic mass is 10.1. The minimum absolute atomic E-state index is 0.123. The molecule has 0 spiro atoms. The molecule has 1 aliphatic rings. The molecular weight excluding hydrogens is 431 g/mol. The van der Waals surface area contributed by atoms with E-state index in [0.29, 0.717) is 36.1 Å². The Bertz CT molecular complexity index is 956. The lowest BCUT2D eigenvalue weighted by molar-refractivity contribution is -0.120. The number of nitrogens with one attached hydrogen (secondary N) is 1. The number of rotatable bonds is 7. The van der Waals surface area contributed by atoms with Gasteiger partial charge in [0.2, 0.25) is 15.9 Å². The molecule has 1 heterocycles. The van der Waals surface area contributed by atoms with Crippen LogP contribution < -0.4 is 5.32 Å². The first-order valence-corrected chi connectivity index (χ1v) is 11.9. The van der Waals surface area contributed by atoms with Gasteiger partial charge in [-0.3, -0.25) is 4.79 Å². The maximum Gasteiger partial charge on any atom is 0.243 e. The standard InChI is InChI=1S/C21H24Cl2N2O3S/c22-18-7-6-17(20(23)15-18)10-11-24-21(26)14-16-4-8-19(9-5-16)29(27,28)25-12-2-1-3-13-25/h4-9,15H,1-3,10-14H2,(H,24,26). The van der Waals surface area contributed by atoms with Crippen LogP contribution in [0.4, 0.5) is 0 Å². The molecule has 2 aromatic rings. The van der Waals surface area contributed by atoms with Gasteiger partial charge >= 0.3 is 0 Å². The van der Waals surface area contributed by atoms with E-state index in [1.165, 1.54) is 0 Å². The van der Waals surface area contributed by atoms with Crippen LogP contribution in [0.15, 0.2) is 47.4 Å². The van der Waals surface area contributed by atoms with Gasteiger partial charge in [-0.2, -0.15) is 4.31 Å². The van der Waals surface area contributed by atoms with Crippen LogP contribution in [-0.4, -0.2) is 38.3 Å². The molecule has 1 aliphatic heterocycles. The Kier molecular flexibility index (Phi) is 7.57. The largest absolute Gasteiger partial charge is 0.355 e. The van der Waals surface area contributed by atoms with Crippen molar-refractivity contribution >= 4 is 39.1 Å². The van der Waals surface area contributed by atoms with Crippen molar-refractivity contribution in [3.8, 4) is 0 Å². The highest BCUT2D eigenvalue weighted by atomic mass is 35.5. The van der Waals surface area contributed by atoms with Crippen LogP contribution in [0.2, 0.25) is 10.0 Å². The van der Waals surface area contributed by atoms with Crippen LogP contribution in [-0.2, 0) is 27.7 Å². The predicted octanol–water partition coefficient (Wildman–Crippen LogP) is 4.07. The number of hydrogen-bond acceptors (Lipinski definition) is 3. The van der Waals surface area contributed by atoms with E-state index in [1.807, 2.05) is 6.07 Å². The number of carbonyl (C=O) groups excluding carboxylic acids is 1. The number of nitrogens with zero attached hydrogens (tertiary/aromatic N) is 1. The van der Waals surface area contributed by atoms with Crippen LogP contribution in [0, 0.1) is 0 Å². The molecule has 0 aromatic heterocycles. The van der Waals surface area contributed by atoms with Crippen LogP contribution in [0.25, 0.3) is 0 Å². The second kappa shape index (κ2) is 9.94. The summed E-state index contributed by atoms with van der Waals surface area (Å²) in [5.41, 5.74) is 1.69. The molecule has 29 heavy (non-hydrogen) atoms. The summed E-state index contributed by atoms with van der Waals surface area (Å²) >= 11 is 12.0. The molecule has 3 rings (SSSR count). The normalized spacial score (nSPS) is 15.2. The lowest BCUT2D eigenvalue weighted by Crippen LogP contribution is -2.35. The van der Waals surface area contributed by atoms with E-state index in [2.05, 4.69) is 5.32 Å². The third-order valence-corrected chi connectivity index (χ3v) is 7.47. The van der Waals surface area contributed by atoms with Crippen molar-refractivity contribution in [1.29, 1.82) is 0 Å². The molecule has 0 atom stereocenters. The molecular formula is C21H24Cl2N2O3S. The first kappa shape index (κ1) is 22.1. The zero-order valence-corrected chi connectivity index (χ0v) is 18.4. The number of sulfonamides is 1. The summed E-state index contributed by atoms with van der Waals surface area (Å²) in [6, 6.07) is 11.9. The topological polar surface area (TPSA) is 66.5 Å². The smallest absolute Gasteiger partial charge is 0.243 e. The fraction of sp³-hybridized carbons (Fsp3) is 0.381. The van der Waals surface area contributed by atoms with Crippen LogP contribution in [0.5, 0.6) is 0 Å². The second-order valence-corrected chi connectivity index (χ2v) is 9.90. The summed E-state index contributed by atoms with van der Waals surface area (Å²) in [5, 5.41) is 4.02. The van der Waals surface area contributed by atoms with E-state index in [-0.39, 0.29) is 17.2 Å². The van der Waals surface area contributed by atoms with Crippen LogP contribution in [0.1, 0.15) is 30.4 Å². The van der Waals surface area contributed by atoms with E-state index >= 15 is 0 Å². The second-order valence-electron chi connectivity index (χ2n) is 7.12. The Morgan fingerprint density at radius 2 is 1.69 bits per heavy atom. The maximum absolute atomic E-state index is 12.7. The van der Waals surface area contributed by atoms with Crippen molar-refractivity contribution in [2.24, 2.45) is 0 Å². The number of benzene rings is 2. The summed E-state index contributed by atoms with van der Waals surface area (Å²) < 4.78 is 26.9. The van der Waals surface area contributed by atoms with E-state index in [0.717, 1.165) is 30.4 Å². The number of carbonyl (C=O) groups is 1. The first-order valence-electron chi connectivity index (χ1n) is 9.66. The fourth-order valence-electron chi connectivity index (χ4n) is 3.34. The number of amides is 1. The Balaban J connectivity index is 1.52. The van der Waals surface area contributed by atoms with Gasteiger partial charge in [0.25, 0.3) is 0 Å². The minimum Gasteiger partial charge on any atom is -0.355 e. The summed E-state index contributed by atoms with van der Waals surface area (Å²) in [7, 11) is -3.45. The van der Waals surface area contributed by atoms with Crippen molar-refractivity contribution in [3.05, 3.63) is 63.6 Å². The molecule has 156 valence electrons. The summed E-state index contributed by atoms with van der Waals surface area (Å²) in [6.07, 6.45) is 3.68. The highest BCUT2D eigenvalue weighted by Crippen LogP contribution is 2.22. The van der Waals surface area contributed by atoms with Gasteiger partial charge in [-0.05, 0) is 54.7 Å². The SMILES string of the molecule is O=C(Cc1ccc(S(=O)(=O)N2CCCCC2)cc1)NCCc1ccc(Cl)cc1Cl. The van der Waals surface area contributed by atoms with Crippen molar-refractivity contribution in [2.45, 2.75) is 37.0 Å². The molecule has 2 aromatic carbocycles. The molecule has 0 bridgehead atoms. The Labute approximate surface area is 182 Å². The first-order chi connectivity index (χ1) is 13.9. The van der Waals surface area contributed by atoms with E-state index in [4.69, 9.17) is 23.2 Å². The van der Waals surface area contributed by atoms with Crippen molar-refractivity contribution in [2.75, 3.05) is 19.6 Å². The van der Waals surface area contributed by atoms with E-state index in [1.54, 1.807) is 40.7 Å². The monoisotopic (exact) mass is 454 g/mol. The summed E-state index contributed by atoms with van der Waals surface area (Å²) in [5.74, 6) is -0.123. The third-order valence-electron chi connectivity index (χ3n) is 4.97. The molecule has 0 unspecified atom stereocenters. The fourth-order valence-corrected chi connectivity index (χ4v) is 5.36. The van der Waals surface area contributed by atoms with Crippen molar-refractivity contribution < 1.29 is 13.2 Å². The Morgan fingerprint density at radius 3 is 2.34 bits per heavy atom.